The molecule has 0 saturated heterocycles. The third-order valence-electron chi connectivity index (χ3n) is 2.53. The number of benzene rings is 1. The molecule has 3 aromatic rings. The minimum absolute atomic E-state index is 0. The highest BCUT2D eigenvalue weighted by molar-refractivity contribution is 8.93. The molecule has 0 saturated carbocycles. The Morgan fingerprint density at radius 1 is 0.765 bits per heavy atom. The molecule has 0 radical (unpaired) electrons. The fraction of sp³-hybridized carbons (Fsp3) is 0. The summed E-state index contributed by atoms with van der Waals surface area (Å²) in [7, 11) is 0. The summed E-state index contributed by atoms with van der Waals surface area (Å²) in [6, 6.07) is 18.2. The summed E-state index contributed by atoms with van der Waals surface area (Å²) in [6.07, 6.45) is 1.77. The van der Waals surface area contributed by atoms with Gasteiger partial charge in [-0.3, -0.25) is 0 Å². The molecule has 3 heteroatoms. The van der Waals surface area contributed by atoms with Gasteiger partial charge in [0.25, 0.3) is 0 Å². The summed E-state index contributed by atoms with van der Waals surface area (Å²) in [6.45, 7) is 0. The van der Waals surface area contributed by atoms with Crippen LogP contribution in [0.1, 0.15) is 0 Å². The summed E-state index contributed by atoms with van der Waals surface area (Å²) in [5, 5.41) is 1.07. The van der Waals surface area contributed by atoms with Crippen molar-refractivity contribution in [2.75, 3.05) is 0 Å². The number of pyridine rings is 2. The summed E-state index contributed by atoms with van der Waals surface area (Å²) in [5.74, 6) is 0. The van der Waals surface area contributed by atoms with Crippen molar-refractivity contribution < 1.29 is 0 Å². The Balaban J connectivity index is 0.00000108. The average molecular weight is 287 g/mol. The van der Waals surface area contributed by atoms with E-state index in [-0.39, 0.29) is 17.0 Å². The molecule has 17 heavy (non-hydrogen) atoms. The number of aromatic nitrogens is 2. The number of hydrogen-bond acceptors (Lipinski definition) is 2. The van der Waals surface area contributed by atoms with Gasteiger partial charge in [-0.25, -0.2) is 9.97 Å². The quantitative estimate of drug-likeness (QED) is 0.679. The van der Waals surface area contributed by atoms with Crippen LogP contribution in [0.5, 0.6) is 0 Å². The van der Waals surface area contributed by atoms with Crippen molar-refractivity contribution in [3.05, 3.63) is 60.8 Å². The normalized spacial score (nSPS) is 9.88. The predicted octanol–water partition coefficient (Wildman–Crippen LogP) is 3.87. The van der Waals surface area contributed by atoms with E-state index >= 15 is 0 Å². The molecule has 2 aromatic heterocycles. The van der Waals surface area contributed by atoms with Crippen LogP contribution < -0.4 is 0 Å². The van der Waals surface area contributed by atoms with E-state index in [2.05, 4.69) is 28.2 Å². The molecule has 2 nitrogen and oxygen atoms in total. The average Bonchev–Trinajstić information content (AvgIpc) is 2.39. The molecule has 0 atom stereocenters. The molecule has 0 fully saturated rings. The van der Waals surface area contributed by atoms with Crippen LogP contribution in [0, 0.1) is 0 Å². The highest BCUT2D eigenvalue weighted by Gasteiger charge is 2.00. The van der Waals surface area contributed by atoms with Crippen molar-refractivity contribution in [3.63, 3.8) is 0 Å². The third kappa shape index (κ3) is 2.34. The van der Waals surface area contributed by atoms with Crippen molar-refractivity contribution in [2.24, 2.45) is 0 Å². The second kappa shape index (κ2) is 5.06. The van der Waals surface area contributed by atoms with Gasteiger partial charge in [0, 0.05) is 17.1 Å². The summed E-state index contributed by atoms with van der Waals surface area (Å²) >= 11 is 0. The maximum Gasteiger partial charge on any atom is 0.159 e. The standard InChI is InChI=1S/C14H10N2.BrH/c1-2-5-11(6-3-1)13-9-8-12-7-4-10-15-14(12)16-13;/h1-10H;1H. The summed E-state index contributed by atoms with van der Waals surface area (Å²) < 4.78 is 0. The maximum atomic E-state index is 4.53. The monoisotopic (exact) mass is 286 g/mol. The molecule has 0 unspecified atom stereocenters. The van der Waals surface area contributed by atoms with Gasteiger partial charge in [-0.05, 0) is 24.3 Å². The predicted molar refractivity (Wildman–Crippen MR) is 75.3 cm³/mol. The van der Waals surface area contributed by atoms with Gasteiger partial charge >= 0.3 is 0 Å². The lowest BCUT2D eigenvalue weighted by Gasteiger charge is -2.01. The minimum atomic E-state index is 0. The first kappa shape index (κ1) is 11.7. The highest BCUT2D eigenvalue weighted by atomic mass is 79.9. The van der Waals surface area contributed by atoms with Crippen molar-refractivity contribution in [2.45, 2.75) is 0 Å². The molecule has 0 aliphatic heterocycles. The van der Waals surface area contributed by atoms with Crippen LogP contribution in [-0.2, 0) is 0 Å². The van der Waals surface area contributed by atoms with Crippen molar-refractivity contribution in [1.82, 2.24) is 9.97 Å². The van der Waals surface area contributed by atoms with E-state index in [0.717, 1.165) is 22.3 Å². The van der Waals surface area contributed by atoms with Crippen LogP contribution in [0.25, 0.3) is 22.3 Å². The van der Waals surface area contributed by atoms with Crippen LogP contribution in [0.2, 0.25) is 0 Å². The van der Waals surface area contributed by atoms with Gasteiger partial charge in [0.15, 0.2) is 5.65 Å². The number of fused-ring (bicyclic) bond motifs is 1. The fourth-order valence-electron chi connectivity index (χ4n) is 1.72. The van der Waals surface area contributed by atoms with E-state index in [0.29, 0.717) is 0 Å². The Hall–Kier alpha value is -1.74. The Morgan fingerprint density at radius 2 is 1.59 bits per heavy atom. The molecule has 0 aliphatic rings. The second-order valence-corrected chi connectivity index (χ2v) is 3.61. The molecule has 0 spiro atoms. The van der Waals surface area contributed by atoms with Crippen LogP contribution in [0.15, 0.2) is 60.8 Å². The summed E-state index contributed by atoms with van der Waals surface area (Å²) in [4.78, 5) is 8.79. The van der Waals surface area contributed by atoms with E-state index in [1.165, 1.54) is 0 Å². The van der Waals surface area contributed by atoms with Crippen molar-refractivity contribution in [3.8, 4) is 11.3 Å². The molecule has 3 rings (SSSR count). The first-order chi connectivity index (χ1) is 7.93. The number of rotatable bonds is 1. The Kier molecular flexibility index (Phi) is 3.49. The van der Waals surface area contributed by atoms with Gasteiger partial charge in [-0.2, -0.15) is 0 Å². The smallest absolute Gasteiger partial charge is 0.159 e. The molecule has 2 heterocycles. The molecule has 84 valence electrons. The van der Waals surface area contributed by atoms with Gasteiger partial charge < -0.3 is 0 Å². The second-order valence-electron chi connectivity index (χ2n) is 3.61. The van der Waals surface area contributed by atoms with Gasteiger partial charge in [-0.1, -0.05) is 30.3 Å². The van der Waals surface area contributed by atoms with Gasteiger partial charge in [0.05, 0.1) is 5.69 Å². The maximum absolute atomic E-state index is 4.53. The largest absolute Gasteiger partial charge is 0.237 e. The molecular weight excluding hydrogens is 276 g/mol. The Morgan fingerprint density at radius 3 is 2.41 bits per heavy atom. The lowest BCUT2D eigenvalue weighted by Crippen LogP contribution is -1.86. The van der Waals surface area contributed by atoms with E-state index in [1.54, 1.807) is 6.20 Å². The SMILES string of the molecule is Br.c1ccc(-c2ccc3cccnc3n2)cc1. The van der Waals surface area contributed by atoms with Crippen LogP contribution >= 0.6 is 17.0 Å². The van der Waals surface area contributed by atoms with E-state index in [4.69, 9.17) is 0 Å². The van der Waals surface area contributed by atoms with Crippen LogP contribution in [-0.4, -0.2) is 9.97 Å². The Labute approximate surface area is 110 Å². The van der Waals surface area contributed by atoms with Gasteiger partial charge in [0.2, 0.25) is 0 Å². The molecule has 0 bridgehead atoms. The molecular formula is C14H11BrN2. The first-order valence-electron chi connectivity index (χ1n) is 5.21. The topological polar surface area (TPSA) is 25.8 Å². The van der Waals surface area contributed by atoms with E-state index in [9.17, 15) is 0 Å². The lowest BCUT2D eigenvalue weighted by molar-refractivity contribution is 1.29. The fourth-order valence-corrected chi connectivity index (χ4v) is 1.72. The molecule has 1 aromatic carbocycles. The summed E-state index contributed by atoms with van der Waals surface area (Å²) in [5.41, 5.74) is 2.88. The van der Waals surface area contributed by atoms with E-state index < -0.39 is 0 Å². The van der Waals surface area contributed by atoms with E-state index in [1.807, 2.05) is 36.4 Å². The zero-order chi connectivity index (χ0) is 10.8. The molecule has 0 aliphatic carbocycles. The van der Waals surface area contributed by atoms with Crippen molar-refractivity contribution in [1.29, 1.82) is 0 Å². The number of hydrogen-bond donors (Lipinski definition) is 0. The van der Waals surface area contributed by atoms with Crippen LogP contribution in [0.3, 0.4) is 0 Å². The van der Waals surface area contributed by atoms with Gasteiger partial charge in [0.1, 0.15) is 0 Å². The van der Waals surface area contributed by atoms with Gasteiger partial charge in [-0.15, -0.1) is 17.0 Å². The zero-order valence-corrected chi connectivity index (χ0v) is 10.8. The zero-order valence-electron chi connectivity index (χ0n) is 9.08. The van der Waals surface area contributed by atoms with Crippen LogP contribution in [0.4, 0.5) is 0 Å². The number of nitrogens with zero attached hydrogens (tertiary/aromatic N) is 2. The first-order valence-corrected chi connectivity index (χ1v) is 5.21. The minimum Gasteiger partial charge on any atom is -0.237 e. The highest BCUT2D eigenvalue weighted by Crippen LogP contribution is 2.19. The third-order valence-corrected chi connectivity index (χ3v) is 2.53. The Bertz CT molecular complexity index is 623. The lowest BCUT2D eigenvalue weighted by atomic mass is 10.1. The molecule has 0 amide bonds. The number of halogens is 1. The van der Waals surface area contributed by atoms with Crippen molar-refractivity contribution >= 4 is 28.0 Å². The molecule has 0 N–H and O–H groups in total.